The van der Waals surface area contributed by atoms with Crippen molar-refractivity contribution in [3.05, 3.63) is 39.4 Å². The Labute approximate surface area is 127 Å². The molecule has 12 heavy (non-hydrogen) atoms. The smallest absolute Gasteiger partial charge is 0 e. The van der Waals surface area contributed by atoms with Crippen LogP contribution >= 0.6 is 0 Å². The molecule has 0 aromatic rings. The zero-order chi connectivity index (χ0) is 8.24. The van der Waals surface area contributed by atoms with Crippen LogP contribution in [0.4, 0.5) is 0 Å². The molecule has 2 N–H and O–H groups in total. The molecule has 0 heterocycles. The molecule has 0 amide bonds. The van der Waals surface area contributed by atoms with Crippen molar-refractivity contribution in [1.29, 1.82) is 0 Å². The van der Waals surface area contributed by atoms with E-state index in [2.05, 4.69) is 24.5 Å². The van der Waals surface area contributed by atoms with Crippen LogP contribution in [0.25, 0.3) is 0 Å². The van der Waals surface area contributed by atoms with Gasteiger partial charge in [-0.05, 0) is 0 Å². The molecule has 0 unspecified atom stereocenters. The van der Waals surface area contributed by atoms with Crippen LogP contribution in [0.2, 0.25) is 0 Å². The molecule has 0 atom stereocenters. The zero-order valence-corrected chi connectivity index (χ0v) is 13.0. The summed E-state index contributed by atoms with van der Waals surface area (Å²) in [4.78, 5) is 0. The summed E-state index contributed by atoms with van der Waals surface area (Å²) in [6.45, 7) is 18.2. The van der Waals surface area contributed by atoms with Crippen LogP contribution in [0.5, 0.6) is 0 Å². The van der Waals surface area contributed by atoms with Gasteiger partial charge in [-0.3, -0.25) is 0 Å². The minimum atomic E-state index is 0. The molecule has 0 bridgehead atoms. The first kappa shape index (κ1) is 23.3. The summed E-state index contributed by atoms with van der Waals surface area (Å²) < 4.78 is 0. The number of rotatable bonds is 4. The monoisotopic (exact) mass is 316 g/mol. The van der Waals surface area contributed by atoms with Gasteiger partial charge in [-0.25, -0.2) is 0 Å². The Kier molecular flexibility index (Phi) is 57.2. The van der Waals surface area contributed by atoms with E-state index < -0.39 is 0 Å². The third-order valence-electron chi connectivity index (χ3n) is 0.546. The Morgan fingerprint density at radius 2 is 1.33 bits per heavy atom. The normalized spacial score (nSPS) is 5.83. The first-order valence-corrected chi connectivity index (χ1v) is 2.95. The van der Waals surface area contributed by atoms with E-state index in [0.717, 1.165) is 13.1 Å². The van der Waals surface area contributed by atoms with Gasteiger partial charge in [0.15, 0.2) is 0 Å². The number of nitrogens with one attached hydrogen (secondary N) is 2. The summed E-state index contributed by atoms with van der Waals surface area (Å²) in [5.41, 5.74) is 0. The number of hydrogen-bond acceptors (Lipinski definition) is 2. The van der Waals surface area contributed by atoms with Gasteiger partial charge in [-0.1, -0.05) is 0 Å². The molecule has 0 saturated carbocycles. The molecule has 0 fully saturated rings. The van der Waals surface area contributed by atoms with Crippen molar-refractivity contribution < 1.29 is 65.4 Å². The van der Waals surface area contributed by atoms with E-state index in [0.29, 0.717) is 0 Å². The van der Waals surface area contributed by atoms with Crippen molar-refractivity contribution in [2.45, 2.75) is 0 Å². The molecule has 0 aliphatic carbocycles. The molecule has 0 saturated heterocycles. The second-order valence-corrected chi connectivity index (χ2v) is 1.25. The predicted molar refractivity (Wildman–Crippen MR) is 44.5 cm³/mol. The molecule has 2 radical (unpaired) electrons. The van der Waals surface area contributed by atoms with E-state index >= 15 is 0 Å². The van der Waals surface area contributed by atoms with Crippen LogP contribution in [0.3, 0.4) is 0 Å². The van der Waals surface area contributed by atoms with Gasteiger partial charge in [-0.15, -0.1) is 13.1 Å². The van der Waals surface area contributed by atoms with Crippen molar-refractivity contribution in [2.24, 2.45) is 0 Å². The number of hydrogen-bond donors (Lipinski definition) is 2. The average molecular weight is 316 g/mol. The second-order valence-electron chi connectivity index (χ2n) is 1.25. The molecule has 0 aliphatic heterocycles. The molecule has 2 nitrogen and oxygen atoms in total. The Bertz CT molecular complexity index is 69.5. The van der Waals surface area contributed by atoms with E-state index in [9.17, 15) is 0 Å². The summed E-state index contributed by atoms with van der Waals surface area (Å²) in [5, 5.41) is 5.31. The van der Waals surface area contributed by atoms with Gasteiger partial charge in [0.05, 0.1) is 0 Å². The van der Waals surface area contributed by atoms with Gasteiger partial charge in [0.1, 0.15) is 0 Å². The molecule has 0 aliphatic rings. The van der Waals surface area contributed by atoms with Gasteiger partial charge in [0.2, 0.25) is 0 Å². The summed E-state index contributed by atoms with van der Waals surface area (Å²) in [6, 6.07) is 0. The van der Waals surface area contributed by atoms with E-state index in [1.807, 2.05) is 0 Å². The van der Waals surface area contributed by atoms with Crippen molar-refractivity contribution in [3.63, 3.8) is 0 Å². The summed E-state index contributed by atoms with van der Waals surface area (Å²) in [5.74, 6) is 0. The van der Waals surface area contributed by atoms with Crippen molar-refractivity contribution in [2.75, 3.05) is 13.1 Å². The Hall–Kier alpha value is 1.45. The van der Waals surface area contributed by atoms with E-state index in [1.54, 1.807) is 0 Å². The average Bonchev–Trinajstić information content (AvgIpc) is 1.93. The van der Waals surface area contributed by atoms with Gasteiger partial charge in [-0.2, -0.15) is 12.4 Å². The fourth-order valence-corrected chi connectivity index (χ4v) is 0.181. The molecule has 0 aromatic heterocycles. The van der Waals surface area contributed by atoms with Gasteiger partial charge >= 0.3 is 0 Å². The third-order valence-corrected chi connectivity index (χ3v) is 0.546. The fraction of sp³-hybridized carbons (Fsp3) is 0.250. The van der Waals surface area contributed by atoms with Crippen LogP contribution in [0.15, 0.2) is 12.4 Å². The summed E-state index contributed by atoms with van der Waals surface area (Å²) >= 11 is 0. The first-order chi connectivity index (χ1) is 4.83. The SMILES string of the molecule is [CH-]=CNC=[CH-].[CH2-]CNC[CH2-].[Y].[Y]. The molecule has 0 rings (SSSR count). The van der Waals surface area contributed by atoms with Crippen LogP contribution in [0, 0.1) is 27.0 Å². The zero-order valence-electron chi connectivity index (χ0n) is 7.29. The molecule has 0 aromatic carbocycles. The maximum absolute atomic E-state index is 4.79. The maximum Gasteiger partial charge on any atom is 0 e. The van der Waals surface area contributed by atoms with Crippen LogP contribution in [-0.2, 0) is 65.4 Å². The quantitative estimate of drug-likeness (QED) is 0.747. The van der Waals surface area contributed by atoms with E-state index in [-0.39, 0.29) is 65.4 Å². The summed E-state index contributed by atoms with van der Waals surface area (Å²) in [7, 11) is 0. The van der Waals surface area contributed by atoms with Gasteiger partial charge in [0.25, 0.3) is 0 Å². The van der Waals surface area contributed by atoms with Crippen LogP contribution in [-0.4, -0.2) is 13.1 Å². The maximum atomic E-state index is 4.79. The largest absolute Gasteiger partial charge is 0.497 e. The standard InChI is InChI=1S/C4H9N.C4H5N.2Y/c2*1-3-5-4-2;;/h5H,1-4H2;1-5H;;/q2*-2;;. The van der Waals surface area contributed by atoms with E-state index in [4.69, 9.17) is 13.2 Å². The topological polar surface area (TPSA) is 24.1 Å². The molecular weight excluding hydrogens is 302 g/mol. The van der Waals surface area contributed by atoms with E-state index in [1.165, 1.54) is 12.4 Å². The predicted octanol–water partition coefficient (Wildman–Crippen LogP) is 0.709. The molecule has 0 spiro atoms. The van der Waals surface area contributed by atoms with Crippen molar-refractivity contribution in [1.82, 2.24) is 10.6 Å². The molecular formula is C8H14N2Y2-4. The molecule has 4 heteroatoms. The van der Waals surface area contributed by atoms with Crippen LogP contribution in [0.1, 0.15) is 0 Å². The van der Waals surface area contributed by atoms with Crippen molar-refractivity contribution in [3.8, 4) is 0 Å². The van der Waals surface area contributed by atoms with Gasteiger partial charge < -0.3 is 37.6 Å². The fourth-order valence-electron chi connectivity index (χ4n) is 0.181. The Balaban J connectivity index is -0.0000000457. The third kappa shape index (κ3) is 42.1. The minimum Gasteiger partial charge on any atom is -0.497 e. The minimum absolute atomic E-state index is 0. The Morgan fingerprint density at radius 1 is 1.00 bits per heavy atom. The second kappa shape index (κ2) is 29.4. The van der Waals surface area contributed by atoms with Crippen molar-refractivity contribution >= 4 is 0 Å². The van der Waals surface area contributed by atoms with Crippen LogP contribution < -0.4 is 10.6 Å². The summed E-state index contributed by atoms with van der Waals surface area (Å²) in [6.07, 6.45) is 2.50. The molecule has 66 valence electrons. The Morgan fingerprint density at radius 3 is 1.33 bits per heavy atom. The first-order valence-electron chi connectivity index (χ1n) is 2.95. The van der Waals surface area contributed by atoms with Gasteiger partial charge in [0, 0.05) is 65.4 Å².